The summed E-state index contributed by atoms with van der Waals surface area (Å²) in [6, 6.07) is 0. The first-order chi connectivity index (χ1) is 5.77. The maximum atomic E-state index is 9.51. The second kappa shape index (κ2) is 3.12. The molecule has 12 heavy (non-hydrogen) atoms. The lowest BCUT2D eigenvalue weighted by molar-refractivity contribution is 0.125. The van der Waals surface area contributed by atoms with Gasteiger partial charge in [-0.2, -0.15) is 0 Å². The van der Waals surface area contributed by atoms with Crippen molar-refractivity contribution < 1.29 is 9.84 Å². The summed E-state index contributed by atoms with van der Waals surface area (Å²) in [6.07, 6.45) is 1.49. The molecule has 1 aromatic rings. The molecule has 0 spiro atoms. The molecule has 1 N–H and O–H groups in total. The molecule has 0 aliphatic carbocycles. The van der Waals surface area contributed by atoms with Crippen LogP contribution >= 0.6 is 11.3 Å². The summed E-state index contributed by atoms with van der Waals surface area (Å²) in [7, 11) is 0. The molecule has 1 fully saturated rings. The summed E-state index contributed by atoms with van der Waals surface area (Å²) >= 11 is 1.64. The minimum Gasteiger partial charge on any atom is -0.390 e. The van der Waals surface area contributed by atoms with Gasteiger partial charge in [0.25, 0.3) is 0 Å². The average molecular weight is 185 g/mol. The largest absolute Gasteiger partial charge is 0.390 e. The number of hydrogen-bond acceptors (Lipinski definition) is 4. The molecule has 66 valence electrons. The van der Waals surface area contributed by atoms with E-state index in [0.717, 1.165) is 9.88 Å². The quantitative estimate of drug-likeness (QED) is 0.707. The zero-order valence-electron chi connectivity index (χ0n) is 6.86. The molecule has 2 heterocycles. The first-order valence-corrected chi connectivity index (χ1v) is 4.77. The number of aromatic nitrogens is 1. The fourth-order valence-corrected chi connectivity index (χ4v) is 2.29. The van der Waals surface area contributed by atoms with Crippen LogP contribution in [0.4, 0.5) is 0 Å². The number of hydrogen-bond donors (Lipinski definition) is 1. The molecule has 1 saturated heterocycles. The Morgan fingerprint density at radius 3 is 3.00 bits per heavy atom. The van der Waals surface area contributed by atoms with Crippen LogP contribution in [0.25, 0.3) is 0 Å². The number of rotatable bonds is 1. The summed E-state index contributed by atoms with van der Waals surface area (Å²) in [5, 5.41) is 10.6. The number of thiazole rings is 1. The van der Waals surface area contributed by atoms with Gasteiger partial charge < -0.3 is 9.84 Å². The predicted molar refractivity (Wildman–Crippen MR) is 46.4 cm³/mol. The van der Waals surface area contributed by atoms with E-state index in [9.17, 15) is 5.11 Å². The molecule has 2 atom stereocenters. The van der Waals surface area contributed by atoms with Crippen molar-refractivity contribution in [1.82, 2.24) is 4.98 Å². The molecule has 0 bridgehead atoms. The van der Waals surface area contributed by atoms with Gasteiger partial charge in [0.1, 0.15) is 0 Å². The van der Waals surface area contributed by atoms with E-state index in [0.29, 0.717) is 13.2 Å². The number of aliphatic hydroxyl groups excluding tert-OH is 1. The number of ether oxygens (including phenoxy) is 1. The van der Waals surface area contributed by atoms with Crippen molar-refractivity contribution in [1.29, 1.82) is 0 Å². The van der Waals surface area contributed by atoms with Crippen LogP contribution < -0.4 is 0 Å². The normalized spacial score (nSPS) is 29.5. The zero-order valence-corrected chi connectivity index (χ0v) is 7.67. The highest BCUT2D eigenvalue weighted by molar-refractivity contribution is 7.11. The first kappa shape index (κ1) is 8.16. The molecule has 0 unspecified atom stereocenters. The van der Waals surface area contributed by atoms with Crippen molar-refractivity contribution in [3.05, 3.63) is 16.1 Å². The van der Waals surface area contributed by atoms with Crippen LogP contribution in [0.3, 0.4) is 0 Å². The van der Waals surface area contributed by atoms with Crippen molar-refractivity contribution in [2.75, 3.05) is 13.2 Å². The van der Waals surface area contributed by atoms with Gasteiger partial charge in [-0.05, 0) is 6.92 Å². The van der Waals surface area contributed by atoms with E-state index >= 15 is 0 Å². The Morgan fingerprint density at radius 1 is 1.67 bits per heavy atom. The van der Waals surface area contributed by atoms with Gasteiger partial charge in [0.05, 0.1) is 24.3 Å². The van der Waals surface area contributed by atoms with Crippen molar-refractivity contribution in [3.8, 4) is 0 Å². The van der Waals surface area contributed by atoms with Crippen molar-refractivity contribution in [2.45, 2.75) is 18.9 Å². The Morgan fingerprint density at radius 2 is 2.50 bits per heavy atom. The second-order valence-corrected chi connectivity index (χ2v) is 4.26. The highest BCUT2D eigenvalue weighted by Crippen LogP contribution is 2.29. The molecule has 3 nitrogen and oxygen atoms in total. The third kappa shape index (κ3) is 1.37. The van der Waals surface area contributed by atoms with Gasteiger partial charge in [-0.15, -0.1) is 11.3 Å². The Bertz CT molecular complexity index is 274. The Kier molecular flexibility index (Phi) is 2.12. The standard InChI is InChI=1S/C8H11NO2S/c1-5-9-2-8(12-5)6-3-11-4-7(6)10/h2,6-7,10H,3-4H2,1H3/t6-,7-/m1/s1. The molecule has 4 heteroatoms. The van der Waals surface area contributed by atoms with E-state index in [4.69, 9.17) is 4.74 Å². The third-order valence-corrected chi connectivity index (χ3v) is 3.10. The van der Waals surface area contributed by atoms with Gasteiger partial charge in [0, 0.05) is 17.0 Å². The molecule has 2 rings (SSSR count). The van der Waals surface area contributed by atoms with E-state index in [-0.39, 0.29) is 12.0 Å². The predicted octanol–water partition coefficient (Wildman–Crippen LogP) is 0.926. The number of aryl methyl sites for hydroxylation is 1. The summed E-state index contributed by atoms with van der Waals surface area (Å²) in [6.45, 7) is 3.06. The molecule has 1 aromatic heterocycles. The molecular weight excluding hydrogens is 174 g/mol. The van der Waals surface area contributed by atoms with Crippen LogP contribution in [-0.2, 0) is 4.74 Å². The number of aliphatic hydroxyl groups is 1. The fourth-order valence-electron chi connectivity index (χ4n) is 1.36. The van der Waals surface area contributed by atoms with Gasteiger partial charge in [-0.1, -0.05) is 0 Å². The summed E-state index contributed by atoms with van der Waals surface area (Å²) < 4.78 is 5.16. The van der Waals surface area contributed by atoms with Crippen molar-refractivity contribution in [3.63, 3.8) is 0 Å². The summed E-state index contributed by atoms with van der Waals surface area (Å²) in [5.74, 6) is 0.149. The maximum absolute atomic E-state index is 9.51. The smallest absolute Gasteiger partial charge is 0.0896 e. The fraction of sp³-hybridized carbons (Fsp3) is 0.625. The monoisotopic (exact) mass is 185 g/mol. The van der Waals surface area contributed by atoms with E-state index in [1.807, 2.05) is 13.1 Å². The van der Waals surface area contributed by atoms with E-state index in [1.165, 1.54) is 0 Å². The van der Waals surface area contributed by atoms with Gasteiger partial charge in [0.2, 0.25) is 0 Å². The minimum atomic E-state index is -0.343. The van der Waals surface area contributed by atoms with E-state index in [1.54, 1.807) is 11.3 Å². The van der Waals surface area contributed by atoms with Crippen LogP contribution in [0.2, 0.25) is 0 Å². The van der Waals surface area contributed by atoms with Crippen LogP contribution in [-0.4, -0.2) is 29.4 Å². The molecular formula is C8H11NO2S. The number of nitrogens with zero attached hydrogens (tertiary/aromatic N) is 1. The van der Waals surface area contributed by atoms with Gasteiger partial charge in [-0.3, -0.25) is 0 Å². The highest BCUT2D eigenvalue weighted by Gasteiger charge is 2.28. The molecule has 0 aromatic carbocycles. The van der Waals surface area contributed by atoms with Crippen LogP contribution in [0.5, 0.6) is 0 Å². The highest BCUT2D eigenvalue weighted by atomic mass is 32.1. The maximum Gasteiger partial charge on any atom is 0.0896 e. The summed E-state index contributed by atoms with van der Waals surface area (Å²) in [5.41, 5.74) is 0. The van der Waals surface area contributed by atoms with Crippen LogP contribution in [0, 0.1) is 6.92 Å². The van der Waals surface area contributed by atoms with Crippen LogP contribution in [0.1, 0.15) is 15.8 Å². The molecule has 1 aliphatic heterocycles. The second-order valence-electron chi connectivity index (χ2n) is 2.99. The Labute approximate surface area is 75.0 Å². The van der Waals surface area contributed by atoms with Gasteiger partial charge in [-0.25, -0.2) is 4.98 Å². The molecule has 0 radical (unpaired) electrons. The van der Waals surface area contributed by atoms with E-state index < -0.39 is 0 Å². The molecule has 0 saturated carbocycles. The lowest BCUT2D eigenvalue weighted by Gasteiger charge is -2.07. The van der Waals surface area contributed by atoms with Gasteiger partial charge >= 0.3 is 0 Å². The Hall–Kier alpha value is -0.450. The topological polar surface area (TPSA) is 42.4 Å². The third-order valence-electron chi connectivity index (χ3n) is 2.06. The minimum absolute atomic E-state index is 0.149. The van der Waals surface area contributed by atoms with Crippen molar-refractivity contribution in [2.24, 2.45) is 0 Å². The average Bonchev–Trinajstić information content (AvgIpc) is 2.58. The lowest BCUT2D eigenvalue weighted by Crippen LogP contribution is -2.14. The zero-order chi connectivity index (χ0) is 8.55. The molecule has 0 amide bonds. The Balaban J connectivity index is 2.19. The van der Waals surface area contributed by atoms with E-state index in [2.05, 4.69) is 4.98 Å². The molecule has 1 aliphatic rings. The van der Waals surface area contributed by atoms with Crippen molar-refractivity contribution >= 4 is 11.3 Å². The SMILES string of the molecule is Cc1ncc([C@@H]2COC[C@H]2O)s1. The lowest BCUT2D eigenvalue weighted by atomic mass is 10.1. The first-order valence-electron chi connectivity index (χ1n) is 3.95. The van der Waals surface area contributed by atoms with Gasteiger partial charge in [0.15, 0.2) is 0 Å². The summed E-state index contributed by atoms with van der Waals surface area (Å²) in [4.78, 5) is 5.28. The van der Waals surface area contributed by atoms with Crippen LogP contribution in [0.15, 0.2) is 6.20 Å².